The van der Waals surface area contributed by atoms with Crippen LogP contribution in [0.25, 0.3) is 22.3 Å². The number of benzene rings is 4. The Bertz CT molecular complexity index is 1380. The molecule has 0 saturated carbocycles. The molecule has 5 rings (SSSR count). The van der Waals surface area contributed by atoms with Gasteiger partial charge in [0.1, 0.15) is 11.3 Å². The molecule has 0 aliphatic heterocycles. The SMILES string of the molecule is O=c1cc(-c2ccccc2)oc2ccc(N=C(c3ccccc3)c3ccccc3)cc12. The average Bonchev–Trinajstić information content (AvgIpc) is 2.84. The van der Waals surface area contributed by atoms with Crippen molar-refractivity contribution >= 4 is 22.4 Å². The summed E-state index contributed by atoms with van der Waals surface area (Å²) in [4.78, 5) is 17.7. The normalized spacial score (nSPS) is 10.7. The van der Waals surface area contributed by atoms with Gasteiger partial charge in [0.2, 0.25) is 0 Å². The summed E-state index contributed by atoms with van der Waals surface area (Å²) in [6.07, 6.45) is 0. The van der Waals surface area contributed by atoms with Crippen molar-refractivity contribution in [1.29, 1.82) is 0 Å². The first kappa shape index (κ1) is 18.8. The van der Waals surface area contributed by atoms with E-state index in [9.17, 15) is 4.79 Å². The van der Waals surface area contributed by atoms with Gasteiger partial charge in [0.25, 0.3) is 0 Å². The molecule has 3 heteroatoms. The third-order valence-electron chi connectivity index (χ3n) is 5.10. The molecular weight excluding hydrogens is 382 g/mol. The van der Waals surface area contributed by atoms with E-state index >= 15 is 0 Å². The highest BCUT2D eigenvalue weighted by Crippen LogP contribution is 2.26. The summed E-state index contributed by atoms with van der Waals surface area (Å²) in [6, 6.07) is 36.7. The number of hydrogen-bond acceptors (Lipinski definition) is 3. The van der Waals surface area contributed by atoms with Gasteiger partial charge in [-0.2, -0.15) is 0 Å². The van der Waals surface area contributed by atoms with Crippen molar-refractivity contribution in [1.82, 2.24) is 0 Å². The Balaban J connectivity index is 1.63. The van der Waals surface area contributed by atoms with Gasteiger partial charge < -0.3 is 4.42 Å². The molecule has 0 N–H and O–H groups in total. The van der Waals surface area contributed by atoms with Gasteiger partial charge in [-0.05, 0) is 18.2 Å². The molecule has 3 nitrogen and oxygen atoms in total. The highest BCUT2D eigenvalue weighted by Gasteiger charge is 2.10. The number of aliphatic imine (C=N–C) groups is 1. The lowest BCUT2D eigenvalue weighted by Gasteiger charge is -2.08. The van der Waals surface area contributed by atoms with Crippen LogP contribution < -0.4 is 5.43 Å². The zero-order chi connectivity index (χ0) is 21.0. The maximum Gasteiger partial charge on any atom is 0.193 e. The Kier molecular flexibility index (Phi) is 4.99. The molecule has 0 bridgehead atoms. The predicted molar refractivity (Wildman–Crippen MR) is 126 cm³/mol. The molecule has 148 valence electrons. The van der Waals surface area contributed by atoms with Gasteiger partial charge in [-0.15, -0.1) is 0 Å². The minimum Gasteiger partial charge on any atom is -0.456 e. The van der Waals surface area contributed by atoms with Crippen LogP contribution in [-0.2, 0) is 0 Å². The van der Waals surface area contributed by atoms with Gasteiger partial charge >= 0.3 is 0 Å². The molecule has 1 heterocycles. The second-order valence-corrected chi connectivity index (χ2v) is 7.21. The molecule has 0 saturated heterocycles. The predicted octanol–water partition coefficient (Wildman–Crippen LogP) is 6.63. The van der Waals surface area contributed by atoms with E-state index in [4.69, 9.17) is 9.41 Å². The van der Waals surface area contributed by atoms with Crippen LogP contribution in [0, 0.1) is 0 Å². The summed E-state index contributed by atoms with van der Waals surface area (Å²) < 4.78 is 6.01. The first-order valence-electron chi connectivity index (χ1n) is 10.1. The van der Waals surface area contributed by atoms with Crippen LogP contribution in [0.1, 0.15) is 11.1 Å². The van der Waals surface area contributed by atoms with Crippen LogP contribution in [0.2, 0.25) is 0 Å². The van der Waals surface area contributed by atoms with Gasteiger partial charge in [0.05, 0.1) is 16.8 Å². The van der Waals surface area contributed by atoms with Crippen LogP contribution in [-0.4, -0.2) is 5.71 Å². The van der Waals surface area contributed by atoms with E-state index in [2.05, 4.69) is 0 Å². The third kappa shape index (κ3) is 3.94. The first-order valence-corrected chi connectivity index (χ1v) is 10.1. The van der Waals surface area contributed by atoms with Crippen LogP contribution in [0.4, 0.5) is 5.69 Å². The molecule has 0 aliphatic rings. The van der Waals surface area contributed by atoms with Crippen LogP contribution >= 0.6 is 0 Å². The summed E-state index contributed by atoms with van der Waals surface area (Å²) in [5.74, 6) is 0.559. The first-order chi connectivity index (χ1) is 15.3. The van der Waals surface area contributed by atoms with Gasteiger partial charge in [-0.1, -0.05) is 91.0 Å². The quantitative estimate of drug-likeness (QED) is 0.317. The largest absolute Gasteiger partial charge is 0.456 e. The van der Waals surface area contributed by atoms with E-state index in [0.29, 0.717) is 22.4 Å². The smallest absolute Gasteiger partial charge is 0.193 e. The van der Waals surface area contributed by atoms with E-state index in [1.54, 1.807) is 12.1 Å². The highest BCUT2D eigenvalue weighted by atomic mass is 16.3. The van der Waals surface area contributed by atoms with Crippen molar-refractivity contribution in [2.24, 2.45) is 4.99 Å². The summed E-state index contributed by atoms with van der Waals surface area (Å²) in [5, 5.41) is 0.515. The molecule has 0 fully saturated rings. The van der Waals surface area contributed by atoms with E-state index < -0.39 is 0 Å². The Morgan fingerprint density at radius 3 is 1.84 bits per heavy atom. The van der Waals surface area contributed by atoms with Crippen LogP contribution in [0.5, 0.6) is 0 Å². The second-order valence-electron chi connectivity index (χ2n) is 7.21. The Morgan fingerprint density at radius 2 is 1.23 bits per heavy atom. The summed E-state index contributed by atoms with van der Waals surface area (Å²) >= 11 is 0. The highest BCUT2D eigenvalue weighted by molar-refractivity contribution is 6.14. The average molecular weight is 401 g/mol. The Morgan fingerprint density at radius 1 is 0.645 bits per heavy atom. The summed E-state index contributed by atoms with van der Waals surface area (Å²) in [7, 11) is 0. The van der Waals surface area contributed by atoms with Gasteiger partial charge in [0.15, 0.2) is 5.43 Å². The molecule has 0 radical (unpaired) electrons. The lowest BCUT2D eigenvalue weighted by Crippen LogP contribution is -2.03. The molecule has 0 spiro atoms. The molecule has 0 aliphatic carbocycles. The van der Waals surface area contributed by atoms with Crippen molar-refractivity contribution in [2.75, 3.05) is 0 Å². The molecule has 31 heavy (non-hydrogen) atoms. The monoisotopic (exact) mass is 401 g/mol. The minimum absolute atomic E-state index is 0.0851. The van der Waals surface area contributed by atoms with Gasteiger partial charge in [-0.25, -0.2) is 4.99 Å². The zero-order valence-corrected chi connectivity index (χ0v) is 16.7. The second kappa shape index (κ2) is 8.25. The fourth-order valence-corrected chi connectivity index (χ4v) is 3.58. The lowest BCUT2D eigenvalue weighted by atomic mass is 10.0. The lowest BCUT2D eigenvalue weighted by molar-refractivity contribution is 0.619. The molecule has 0 unspecified atom stereocenters. The maximum absolute atomic E-state index is 12.8. The number of rotatable bonds is 4. The number of nitrogens with zero attached hydrogens (tertiary/aromatic N) is 1. The van der Waals surface area contributed by atoms with E-state index in [1.807, 2.05) is 103 Å². The van der Waals surface area contributed by atoms with E-state index in [0.717, 1.165) is 22.4 Å². The van der Waals surface area contributed by atoms with Gasteiger partial charge in [-0.3, -0.25) is 4.79 Å². The van der Waals surface area contributed by atoms with Crippen LogP contribution in [0.3, 0.4) is 0 Å². The Hall–Kier alpha value is -4.24. The van der Waals surface area contributed by atoms with Crippen LogP contribution in [0.15, 0.2) is 129 Å². The molecule has 5 aromatic rings. The fourth-order valence-electron chi connectivity index (χ4n) is 3.58. The van der Waals surface area contributed by atoms with Crippen molar-refractivity contribution in [2.45, 2.75) is 0 Å². The number of hydrogen-bond donors (Lipinski definition) is 0. The molecule has 0 amide bonds. The van der Waals surface area contributed by atoms with Crippen molar-refractivity contribution in [3.8, 4) is 11.3 Å². The standard InChI is InChI=1S/C28H19NO2/c30-25-19-27(20-10-4-1-5-11-20)31-26-17-16-23(18-24(25)26)29-28(21-12-6-2-7-13-21)22-14-8-3-9-15-22/h1-19H. The van der Waals surface area contributed by atoms with Crippen molar-refractivity contribution in [3.05, 3.63) is 137 Å². The summed E-state index contributed by atoms with van der Waals surface area (Å²) in [6.45, 7) is 0. The van der Waals surface area contributed by atoms with Crippen molar-refractivity contribution < 1.29 is 4.42 Å². The number of fused-ring (bicyclic) bond motifs is 1. The Labute approximate surface area is 180 Å². The third-order valence-corrected chi connectivity index (χ3v) is 5.10. The molecule has 0 atom stereocenters. The zero-order valence-electron chi connectivity index (χ0n) is 16.7. The van der Waals surface area contributed by atoms with Crippen molar-refractivity contribution in [3.63, 3.8) is 0 Å². The topological polar surface area (TPSA) is 42.6 Å². The fraction of sp³-hybridized carbons (Fsp3) is 0. The maximum atomic E-state index is 12.8. The molecule has 1 aromatic heterocycles. The molecular formula is C28H19NO2. The van der Waals surface area contributed by atoms with E-state index in [1.165, 1.54) is 0 Å². The summed E-state index contributed by atoms with van der Waals surface area (Å²) in [5.41, 5.74) is 4.92. The molecule has 4 aromatic carbocycles. The van der Waals surface area contributed by atoms with E-state index in [-0.39, 0.29) is 5.43 Å². The minimum atomic E-state index is -0.0851. The van der Waals surface area contributed by atoms with Gasteiger partial charge in [0, 0.05) is 22.8 Å².